The molecule has 4 nitrogen and oxygen atoms in total. The van der Waals surface area contributed by atoms with Crippen molar-refractivity contribution in [1.82, 2.24) is 17.5 Å². The fourth-order valence-electron chi connectivity index (χ4n) is 9.07. The number of unbranched alkanes of at least 4 members (excludes halogenated alkanes) is 6. The average molecular weight is 1010 g/mol. The van der Waals surface area contributed by atoms with Gasteiger partial charge in [0.05, 0.1) is 34.6 Å². The molecule has 0 amide bonds. The molecule has 65 heavy (non-hydrogen) atoms. The van der Waals surface area contributed by atoms with Gasteiger partial charge < -0.3 is 0 Å². The Bertz CT molecular complexity index is 3130. The summed E-state index contributed by atoms with van der Waals surface area (Å²) in [7, 11) is 0. The number of rotatable bonds is 16. The predicted octanol–water partition coefficient (Wildman–Crippen LogP) is 18.9. The van der Waals surface area contributed by atoms with Crippen molar-refractivity contribution < 1.29 is 8.78 Å². The Hall–Kier alpha value is -3.86. The van der Waals surface area contributed by atoms with Crippen molar-refractivity contribution in [3.63, 3.8) is 0 Å². The minimum absolute atomic E-state index is 0.304. The molecule has 0 bridgehead atoms. The number of halogens is 2. The third-order valence-electron chi connectivity index (χ3n) is 12.6. The number of fused-ring (bicyclic) bond motifs is 5. The fraction of sp³-hybridized carbons (Fsp3) is 0.294. The maximum Gasteiger partial charge on any atom is 0.134 e. The standard InChI is InChI=1S/C51H44F2N4S8/c1-5-7-9-11-13-27-15-17-37(58-27)39-21-19-35(60-39)29-23-33(52)43(47-45(29)54-64-56-47)41-25-31-49(62-41)50-32(51(31,3)4)26-42(63-50)44-34(53)24-30(46-48(44)57-65-55-46)36-20-22-40(61-36)38-18-16-28(59-38)14-12-10-8-6-2/h15-26H,5-14H2,1-4H3. The van der Waals surface area contributed by atoms with Crippen molar-refractivity contribution >= 4 is 114 Å². The van der Waals surface area contributed by atoms with Crippen LogP contribution in [0.25, 0.3) is 93.1 Å². The van der Waals surface area contributed by atoms with Crippen LogP contribution in [0.3, 0.4) is 0 Å². The minimum Gasteiger partial charge on any atom is -0.206 e. The lowest BCUT2D eigenvalue weighted by atomic mass is 9.83. The van der Waals surface area contributed by atoms with Crippen molar-refractivity contribution in [2.75, 3.05) is 0 Å². The molecule has 11 rings (SSSR count). The molecular weight excluding hydrogens is 963 g/mol. The summed E-state index contributed by atoms with van der Waals surface area (Å²) in [6, 6.07) is 25.0. The van der Waals surface area contributed by atoms with Crippen molar-refractivity contribution in [1.29, 1.82) is 0 Å². The van der Waals surface area contributed by atoms with Crippen LogP contribution >= 0.6 is 91.5 Å². The molecule has 10 aromatic rings. The Kier molecular flexibility index (Phi) is 12.1. The van der Waals surface area contributed by atoms with E-state index in [2.05, 4.69) is 88.4 Å². The molecule has 0 aliphatic heterocycles. The lowest BCUT2D eigenvalue weighted by molar-refractivity contribution is 0.633. The van der Waals surface area contributed by atoms with Gasteiger partial charge in [-0.3, -0.25) is 0 Å². The van der Waals surface area contributed by atoms with Gasteiger partial charge in [0.2, 0.25) is 0 Å². The summed E-state index contributed by atoms with van der Waals surface area (Å²) in [5, 5.41) is 0. The van der Waals surface area contributed by atoms with Crippen molar-refractivity contribution in [2.24, 2.45) is 0 Å². The number of thiophene rings is 6. The van der Waals surface area contributed by atoms with Gasteiger partial charge in [0.25, 0.3) is 0 Å². The second-order valence-electron chi connectivity index (χ2n) is 17.3. The Balaban J connectivity index is 0.884. The molecule has 0 radical (unpaired) electrons. The third-order valence-corrected chi connectivity index (χ3v) is 21.0. The number of aryl methyl sites for hydroxylation is 2. The summed E-state index contributed by atoms with van der Waals surface area (Å²) >= 11 is 12.5. The second kappa shape index (κ2) is 18.0. The molecule has 8 aromatic heterocycles. The van der Waals surface area contributed by atoms with Gasteiger partial charge in [-0.1, -0.05) is 66.2 Å². The van der Waals surface area contributed by atoms with Crippen LogP contribution < -0.4 is 0 Å². The summed E-state index contributed by atoms with van der Waals surface area (Å²) in [5.74, 6) is -0.608. The molecule has 0 saturated carbocycles. The fourth-order valence-corrected chi connectivity index (χ4v) is 17.4. The third kappa shape index (κ3) is 7.93. The maximum atomic E-state index is 16.7. The van der Waals surface area contributed by atoms with Gasteiger partial charge in [0.15, 0.2) is 0 Å². The van der Waals surface area contributed by atoms with Crippen LogP contribution in [0.4, 0.5) is 8.78 Å². The first-order chi connectivity index (χ1) is 31.7. The number of hydrogen-bond acceptors (Lipinski definition) is 12. The molecule has 0 N–H and O–H groups in total. The van der Waals surface area contributed by atoms with E-state index in [4.69, 9.17) is 17.5 Å². The van der Waals surface area contributed by atoms with Gasteiger partial charge in [-0.25, -0.2) is 8.78 Å². The van der Waals surface area contributed by atoms with Crippen molar-refractivity contribution in [2.45, 2.75) is 97.3 Å². The quantitative estimate of drug-likeness (QED) is 0.0905. The van der Waals surface area contributed by atoms with Crippen LogP contribution in [0.15, 0.2) is 72.8 Å². The van der Waals surface area contributed by atoms with Gasteiger partial charge in [-0.15, -0.1) is 68.0 Å². The van der Waals surface area contributed by atoms with Crippen LogP contribution in [0.2, 0.25) is 0 Å². The lowest BCUT2D eigenvalue weighted by Crippen LogP contribution is -2.13. The Morgan fingerprint density at radius 2 is 0.831 bits per heavy atom. The first-order valence-corrected chi connectivity index (χ1v) is 28.6. The zero-order valence-corrected chi connectivity index (χ0v) is 42.8. The van der Waals surface area contributed by atoms with Crippen molar-refractivity contribution in [3.8, 4) is 71.0 Å². The van der Waals surface area contributed by atoms with E-state index in [0.717, 1.165) is 98.8 Å². The molecule has 0 fully saturated rings. The van der Waals surface area contributed by atoms with E-state index in [0.29, 0.717) is 22.2 Å². The molecule has 14 heteroatoms. The Labute approximate surface area is 410 Å². The topological polar surface area (TPSA) is 51.6 Å². The van der Waals surface area contributed by atoms with Crippen LogP contribution in [0.5, 0.6) is 0 Å². The zero-order valence-electron chi connectivity index (χ0n) is 36.3. The SMILES string of the molecule is CCCCCCc1ccc(-c2ccc(-c3cc(F)c(-c4cc5c(s4)-c4sc(-c6c(F)cc(-c7ccc(-c8ccc(CCCCCC)s8)s7)c7nsnc67)cc4C5(C)C)c4nsnc34)s2)s1. The lowest BCUT2D eigenvalue weighted by Gasteiger charge is -2.19. The van der Waals surface area contributed by atoms with E-state index >= 15 is 8.78 Å². The largest absolute Gasteiger partial charge is 0.206 e. The van der Waals surface area contributed by atoms with E-state index in [1.807, 2.05) is 22.7 Å². The molecule has 1 aliphatic carbocycles. The molecule has 330 valence electrons. The second-order valence-corrected chi connectivity index (χ2v) is 25.0. The normalized spacial score (nSPS) is 13.2. The average Bonchev–Trinajstić information content (AvgIpc) is 4.13. The van der Waals surface area contributed by atoms with Crippen LogP contribution in [0.1, 0.15) is 99.9 Å². The van der Waals surface area contributed by atoms with Crippen LogP contribution in [-0.2, 0) is 18.3 Å². The summed E-state index contributed by atoms with van der Waals surface area (Å²) < 4.78 is 52.3. The van der Waals surface area contributed by atoms with Crippen molar-refractivity contribution in [3.05, 3.63) is 105 Å². The number of hydrogen-bond donors (Lipinski definition) is 0. The monoisotopic (exact) mass is 1010 g/mol. The zero-order chi connectivity index (χ0) is 44.4. The van der Waals surface area contributed by atoms with Gasteiger partial charge in [-0.2, -0.15) is 17.5 Å². The summed E-state index contributed by atoms with van der Waals surface area (Å²) in [4.78, 5) is 13.5. The maximum absolute atomic E-state index is 16.7. The smallest absolute Gasteiger partial charge is 0.134 e. The Morgan fingerprint density at radius 1 is 0.431 bits per heavy atom. The highest BCUT2D eigenvalue weighted by Crippen LogP contribution is 2.59. The molecule has 0 spiro atoms. The number of nitrogens with zero attached hydrogens (tertiary/aromatic N) is 4. The molecule has 1 aliphatic rings. The number of aromatic nitrogens is 4. The molecule has 0 saturated heterocycles. The molecule has 0 unspecified atom stereocenters. The molecule has 0 atom stereocenters. The van der Waals surface area contributed by atoms with Gasteiger partial charge in [-0.05, 0) is 110 Å². The molecule has 2 aromatic carbocycles. The molecular formula is C51H44F2N4S8. The first-order valence-electron chi connectivity index (χ1n) is 22.3. The highest BCUT2D eigenvalue weighted by molar-refractivity contribution is 7.26. The first kappa shape index (κ1) is 43.7. The van der Waals surface area contributed by atoms with Gasteiger partial charge >= 0.3 is 0 Å². The summed E-state index contributed by atoms with van der Waals surface area (Å²) in [6.45, 7) is 8.90. The highest BCUT2D eigenvalue weighted by Gasteiger charge is 2.41. The Morgan fingerprint density at radius 3 is 1.28 bits per heavy atom. The summed E-state index contributed by atoms with van der Waals surface area (Å²) in [5.41, 5.74) is 7.07. The van der Waals surface area contributed by atoms with Crippen LogP contribution in [0, 0.1) is 11.6 Å². The van der Waals surface area contributed by atoms with Crippen LogP contribution in [-0.4, -0.2) is 17.5 Å². The van der Waals surface area contributed by atoms with E-state index < -0.39 is 0 Å². The minimum atomic E-state index is -0.380. The summed E-state index contributed by atoms with van der Waals surface area (Å²) in [6.07, 6.45) is 12.3. The van der Waals surface area contributed by atoms with E-state index in [-0.39, 0.29) is 17.0 Å². The highest BCUT2D eigenvalue weighted by atomic mass is 32.1. The predicted molar refractivity (Wildman–Crippen MR) is 281 cm³/mol. The number of benzene rings is 2. The molecule has 8 heterocycles. The van der Waals surface area contributed by atoms with E-state index in [1.165, 1.54) is 80.6 Å². The van der Waals surface area contributed by atoms with Gasteiger partial charge in [0, 0.05) is 75.1 Å². The van der Waals surface area contributed by atoms with E-state index in [1.54, 1.807) is 57.5 Å². The van der Waals surface area contributed by atoms with Gasteiger partial charge in [0.1, 0.15) is 33.7 Å². The van der Waals surface area contributed by atoms with E-state index in [9.17, 15) is 0 Å².